The molecular formula is C21H28N6O3. The molecule has 0 bridgehead atoms. The van der Waals surface area contributed by atoms with Gasteiger partial charge in [-0.2, -0.15) is 0 Å². The minimum atomic E-state index is 0.458. The smallest absolute Gasteiger partial charge is 0.203 e. The van der Waals surface area contributed by atoms with Gasteiger partial charge in [0.15, 0.2) is 23.1 Å². The van der Waals surface area contributed by atoms with Gasteiger partial charge in [0.2, 0.25) is 5.75 Å². The Balaban J connectivity index is 1.67. The van der Waals surface area contributed by atoms with Gasteiger partial charge in [-0.25, -0.2) is 4.99 Å². The molecule has 9 heteroatoms. The second kappa shape index (κ2) is 10.3. The van der Waals surface area contributed by atoms with Crippen LogP contribution in [0.2, 0.25) is 0 Å². The number of fused-ring (bicyclic) bond motifs is 1. The van der Waals surface area contributed by atoms with E-state index in [1.807, 2.05) is 47.9 Å². The van der Waals surface area contributed by atoms with Crippen LogP contribution in [-0.2, 0) is 13.0 Å². The van der Waals surface area contributed by atoms with Crippen LogP contribution in [0.3, 0.4) is 0 Å². The third-order valence-corrected chi connectivity index (χ3v) is 4.51. The van der Waals surface area contributed by atoms with Gasteiger partial charge in [-0.15, -0.1) is 10.2 Å². The van der Waals surface area contributed by atoms with E-state index in [2.05, 4.69) is 25.8 Å². The topological polar surface area (TPSA) is 94.3 Å². The van der Waals surface area contributed by atoms with Crippen molar-refractivity contribution in [2.75, 3.05) is 34.4 Å². The molecule has 0 saturated heterocycles. The highest BCUT2D eigenvalue weighted by molar-refractivity contribution is 5.79. The number of benzene rings is 1. The zero-order valence-electron chi connectivity index (χ0n) is 17.8. The average molecular weight is 412 g/mol. The summed E-state index contributed by atoms with van der Waals surface area (Å²) in [6.45, 7) is 3.92. The van der Waals surface area contributed by atoms with Gasteiger partial charge in [-0.3, -0.25) is 4.40 Å². The molecule has 0 aliphatic rings. The standard InChI is InChI=1S/C21H28N6O3/c1-5-22-21(23-10-9-19-26-25-18-8-6-7-11-27(18)19)24-14-15-12-16(28-2)20(30-4)17(13-15)29-3/h6-8,11-13H,5,9-10,14H2,1-4H3,(H2,22,23,24). The first-order chi connectivity index (χ1) is 14.7. The van der Waals surface area contributed by atoms with Gasteiger partial charge in [0.25, 0.3) is 0 Å². The van der Waals surface area contributed by atoms with Gasteiger partial charge < -0.3 is 24.8 Å². The van der Waals surface area contributed by atoms with Crippen LogP contribution in [0.1, 0.15) is 18.3 Å². The van der Waals surface area contributed by atoms with Crippen molar-refractivity contribution >= 4 is 11.6 Å². The molecule has 0 saturated carbocycles. The zero-order chi connectivity index (χ0) is 21.3. The lowest BCUT2D eigenvalue weighted by Crippen LogP contribution is -2.38. The number of aliphatic imine (C=N–C) groups is 1. The largest absolute Gasteiger partial charge is 0.493 e. The molecule has 160 valence electrons. The number of hydrogen-bond donors (Lipinski definition) is 2. The van der Waals surface area contributed by atoms with Crippen LogP contribution in [0.4, 0.5) is 0 Å². The van der Waals surface area contributed by atoms with Crippen molar-refractivity contribution in [3.63, 3.8) is 0 Å². The Morgan fingerprint density at radius 3 is 2.47 bits per heavy atom. The van der Waals surface area contributed by atoms with E-state index in [0.29, 0.717) is 30.3 Å². The number of hydrogen-bond acceptors (Lipinski definition) is 6. The van der Waals surface area contributed by atoms with Gasteiger partial charge >= 0.3 is 0 Å². The van der Waals surface area contributed by atoms with E-state index >= 15 is 0 Å². The molecule has 9 nitrogen and oxygen atoms in total. The molecule has 2 aromatic heterocycles. The maximum absolute atomic E-state index is 5.42. The first-order valence-corrected chi connectivity index (χ1v) is 9.79. The fourth-order valence-electron chi connectivity index (χ4n) is 3.09. The number of nitrogens with one attached hydrogen (secondary N) is 2. The van der Waals surface area contributed by atoms with E-state index in [9.17, 15) is 0 Å². The quantitative estimate of drug-likeness (QED) is 0.410. The number of pyridine rings is 1. The zero-order valence-corrected chi connectivity index (χ0v) is 17.8. The van der Waals surface area contributed by atoms with Crippen molar-refractivity contribution in [2.45, 2.75) is 19.9 Å². The Bertz CT molecular complexity index is 976. The molecule has 0 amide bonds. The molecule has 3 rings (SSSR count). The minimum absolute atomic E-state index is 0.458. The number of rotatable bonds is 9. The summed E-state index contributed by atoms with van der Waals surface area (Å²) in [7, 11) is 4.79. The molecule has 2 heterocycles. The maximum Gasteiger partial charge on any atom is 0.203 e. The van der Waals surface area contributed by atoms with E-state index in [1.54, 1.807) is 21.3 Å². The maximum atomic E-state index is 5.42. The Labute approximate surface area is 176 Å². The summed E-state index contributed by atoms with van der Waals surface area (Å²) < 4.78 is 18.2. The molecule has 0 unspecified atom stereocenters. The van der Waals surface area contributed by atoms with Gasteiger partial charge in [0.05, 0.1) is 27.9 Å². The highest BCUT2D eigenvalue weighted by Crippen LogP contribution is 2.38. The lowest BCUT2D eigenvalue weighted by atomic mass is 10.2. The Morgan fingerprint density at radius 2 is 1.80 bits per heavy atom. The van der Waals surface area contributed by atoms with Crippen molar-refractivity contribution in [1.82, 2.24) is 25.2 Å². The second-order valence-corrected chi connectivity index (χ2v) is 6.45. The van der Waals surface area contributed by atoms with Gasteiger partial charge in [0.1, 0.15) is 5.82 Å². The van der Waals surface area contributed by atoms with Crippen molar-refractivity contribution in [2.24, 2.45) is 4.99 Å². The monoisotopic (exact) mass is 412 g/mol. The van der Waals surface area contributed by atoms with Gasteiger partial charge in [0, 0.05) is 25.7 Å². The average Bonchev–Trinajstić information content (AvgIpc) is 3.19. The fraction of sp³-hybridized carbons (Fsp3) is 0.381. The van der Waals surface area contributed by atoms with Crippen LogP contribution in [0, 0.1) is 0 Å². The van der Waals surface area contributed by atoms with E-state index in [1.165, 1.54) is 0 Å². The van der Waals surface area contributed by atoms with Crippen LogP contribution < -0.4 is 24.8 Å². The molecule has 0 fully saturated rings. The molecule has 0 atom stereocenters. The van der Waals surface area contributed by atoms with Crippen LogP contribution >= 0.6 is 0 Å². The Kier molecular flexibility index (Phi) is 7.31. The summed E-state index contributed by atoms with van der Waals surface area (Å²) in [5.41, 5.74) is 1.79. The van der Waals surface area contributed by atoms with Crippen molar-refractivity contribution < 1.29 is 14.2 Å². The van der Waals surface area contributed by atoms with Crippen LogP contribution in [0.25, 0.3) is 5.65 Å². The van der Waals surface area contributed by atoms with Crippen molar-refractivity contribution in [3.05, 3.63) is 47.9 Å². The van der Waals surface area contributed by atoms with Crippen molar-refractivity contribution in [3.8, 4) is 17.2 Å². The molecule has 3 aromatic rings. The lowest BCUT2D eigenvalue weighted by Gasteiger charge is -2.14. The number of methoxy groups -OCH3 is 3. The van der Waals surface area contributed by atoms with E-state index in [0.717, 1.165) is 36.0 Å². The molecule has 0 aliphatic carbocycles. The van der Waals surface area contributed by atoms with Crippen LogP contribution in [0.15, 0.2) is 41.5 Å². The minimum Gasteiger partial charge on any atom is -0.493 e. The molecule has 0 spiro atoms. The predicted octanol–water partition coefficient (Wildman–Crippen LogP) is 2.05. The fourth-order valence-corrected chi connectivity index (χ4v) is 3.09. The summed E-state index contributed by atoms with van der Waals surface area (Å²) in [6.07, 6.45) is 2.69. The van der Waals surface area contributed by atoms with Gasteiger partial charge in [-0.05, 0) is 36.8 Å². The molecule has 0 aliphatic heterocycles. The van der Waals surface area contributed by atoms with Crippen molar-refractivity contribution in [1.29, 1.82) is 0 Å². The van der Waals surface area contributed by atoms with Crippen LogP contribution in [0.5, 0.6) is 17.2 Å². The summed E-state index contributed by atoms with van der Waals surface area (Å²) in [6, 6.07) is 9.65. The molecule has 0 radical (unpaired) electrons. The molecule has 1 aromatic carbocycles. The molecule has 30 heavy (non-hydrogen) atoms. The second-order valence-electron chi connectivity index (χ2n) is 6.45. The summed E-state index contributed by atoms with van der Waals surface area (Å²) in [5, 5.41) is 15.0. The highest BCUT2D eigenvalue weighted by Gasteiger charge is 2.13. The normalized spacial score (nSPS) is 11.4. The predicted molar refractivity (Wildman–Crippen MR) is 116 cm³/mol. The SMILES string of the molecule is CCNC(=NCc1cc(OC)c(OC)c(OC)c1)NCCc1nnc2ccccn12. The number of aromatic nitrogens is 3. The van der Waals surface area contributed by atoms with E-state index in [-0.39, 0.29) is 0 Å². The number of nitrogens with zero attached hydrogens (tertiary/aromatic N) is 4. The number of ether oxygens (including phenoxy) is 3. The van der Waals surface area contributed by atoms with Crippen LogP contribution in [-0.4, -0.2) is 55.0 Å². The first-order valence-electron chi connectivity index (χ1n) is 9.79. The Hall–Kier alpha value is -3.49. The summed E-state index contributed by atoms with van der Waals surface area (Å²) in [5.74, 6) is 3.41. The molecule has 2 N–H and O–H groups in total. The Morgan fingerprint density at radius 1 is 1.03 bits per heavy atom. The van der Waals surface area contributed by atoms with E-state index < -0.39 is 0 Å². The summed E-state index contributed by atoms with van der Waals surface area (Å²) >= 11 is 0. The lowest BCUT2D eigenvalue weighted by molar-refractivity contribution is 0.324. The highest BCUT2D eigenvalue weighted by atomic mass is 16.5. The van der Waals surface area contributed by atoms with Gasteiger partial charge in [-0.1, -0.05) is 6.07 Å². The molecular weight excluding hydrogens is 384 g/mol. The summed E-state index contributed by atoms with van der Waals surface area (Å²) in [4.78, 5) is 4.67. The number of guanidine groups is 1. The third kappa shape index (κ3) is 4.91. The first kappa shape index (κ1) is 21.2. The third-order valence-electron chi connectivity index (χ3n) is 4.51. The van der Waals surface area contributed by atoms with E-state index in [4.69, 9.17) is 14.2 Å².